The van der Waals surface area contributed by atoms with E-state index in [2.05, 4.69) is 5.32 Å². The SMILES string of the molecule is O=C1c2ccccc2[C@H](Nc2ccc(S(=O)(=O)N3CCCCC3)cc2)N1Cc1ccco1. The number of hydrogen-bond donors (Lipinski definition) is 1. The molecule has 1 N–H and O–H groups in total. The first-order valence-corrected chi connectivity index (χ1v) is 12.3. The van der Waals surface area contributed by atoms with Gasteiger partial charge in [0.25, 0.3) is 5.91 Å². The van der Waals surface area contributed by atoms with Gasteiger partial charge in [0.15, 0.2) is 0 Å². The van der Waals surface area contributed by atoms with Gasteiger partial charge in [0.2, 0.25) is 10.0 Å². The Morgan fingerprint density at radius 3 is 2.41 bits per heavy atom. The van der Waals surface area contributed by atoms with Gasteiger partial charge >= 0.3 is 0 Å². The van der Waals surface area contributed by atoms with E-state index in [1.807, 2.05) is 30.3 Å². The summed E-state index contributed by atoms with van der Waals surface area (Å²) in [5.41, 5.74) is 2.27. The van der Waals surface area contributed by atoms with Gasteiger partial charge in [-0.25, -0.2) is 8.42 Å². The summed E-state index contributed by atoms with van der Waals surface area (Å²) in [6.07, 6.45) is 4.09. The lowest BCUT2D eigenvalue weighted by atomic mass is 10.1. The van der Waals surface area contributed by atoms with E-state index in [4.69, 9.17) is 4.42 Å². The number of benzene rings is 2. The number of anilines is 1. The van der Waals surface area contributed by atoms with E-state index in [-0.39, 0.29) is 12.1 Å². The lowest BCUT2D eigenvalue weighted by Gasteiger charge is -2.27. The minimum atomic E-state index is -3.48. The molecule has 0 radical (unpaired) electrons. The van der Waals surface area contributed by atoms with Gasteiger partial charge in [0.05, 0.1) is 17.7 Å². The van der Waals surface area contributed by atoms with Crippen molar-refractivity contribution in [1.29, 1.82) is 0 Å². The van der Waals surface area contributed by atoms with Crippen LogP contribution in [0.3, 0.4) is 0 Å². The summed E-state index contributed by atoms with van der Waals surface area (Å²) in [6.45, 7) is 1.48. The van der Waals surface area contributed by atoms with Crippen molar-refractivity contribution in [1.82, 2.24) is 9.21 Å². The molecule has 1 saturated heterocycles. The Balaban J connectivity index is 1.39. The number of hydrogen-bond acceptors (Lipinski definition) is 5. The molecule has 1 atom stereocenters. The summed E-state index contributed by atoms with van der Waals surface area (Å²) in [5.74, 6) is 0.625. The third-order valence-electron chi connectivity index (χ3n) is 6.08. The second kappa shape index (κ2) is 8.44. The number of furan rings is 1. The van der Waals surface area contributed by atoms with E-state index in [1.54, 1.807) is 45.8 Å². The van der Waals surface area contributed by atoms with Crippen LogP contribution in [0.4, 0.5) is 5.69 Å². The summed E-state index contributed by atoms with van der Waals surface area (Å²) in [4.78, 5) is 15.1. The molecule has 2 aromatic carbocycles. The number of amides is 1. The Morgan fingerprint density at radius 1 is 0.938 bits per heavy atom. The average Bonchev–Trinajstić information content (AvgIpc) is 3.43. The summed E-state index contributed by atoms with van der Waals surface area (Å²) >= 11 is 0. The number of carbonyl (C=O) groups is 1. The maximum Gasteiger partial charge on any atom is 0.256 e. The van der Waals surface area contributed by atoms with E-state index in [9.17, 15) is 13.2 Å². The van der Waals surface area contributed by atoms with Crippen LogP contribution in [0.2, 0.25) is 0 Å². The molecule has 1 fully saturated rings. The normalized spacial score (nSPS) is 19.2. The fourth-order valence-electron chi connectivity index (χ4n) is 4.39. The molecular weight excluding hydrogens is 426 g/mol. The quantitative estimate of drug-likeness (QED) is 0.607. The Kier molecular flexibility index (Phi) is 5.48. The number of carbonyl (C=O) groups excluding carboxylic acids is 1. The standard InChI is InChI=1S/C24H25N3O4S/c28-24-22-9-3-2-8-21(22)23(27(24)17-19-7-6-16-31-19)25-18-10-12-20(13-11-18)32(29,30)26-14-4-1-5-15-26/h2-3,6-13,16,23,25H,1,4-5,14-15,17H2/t23-/m1/s1. The number of fused-ring (bicyclic) bond motifs is 1. The highest BCUT2D eigenvalue weighted by Gasteiger charge is 2.37. The van der Waals surface area contributed by atoms with Crippen LogP contribution in [-0.2, 0) is 16.6 Å². The van der Waals surface area contributed by atoms with Crippen LogP contribution in [0.15, 0.2) is 76.2 Å². The van der Waals surface area contributed by atoms with Gasteiger partial charge in [0.1, 0.15) is 11.9 Å². The summed E-state index contributed by atoms with van der Waals surface area (Å²) in [6, 6.07) is 17.9. The topological polar surface area (TPSA) is 82.9 Å². The smallest absolute Gasteiger partial charge is 0.256 e. The largest absolute Gasteiger partial charge is 0.467 e. The van der Waals surface area contributed by atoms with Gasteiger partial charge < -0.3 is 14.6 Å². The van der Waals surface area contributed by atoms with Crippen LogP contribution >= 0.6 is 0 Å². The van der Waals surface area contributed by atoms with Crippen molar-refractivity contribution in [3.63, 3.8) is 0 Å². The van der Waals surface area contributed by atoms with E-state index in [0.29, 0.717) is 35.9 Å². The lowest BCUT2D eigenvalue weighted by molar-refractivity contribution is 0.0715. The van der Waals surface area contributed by atoms with Crippen LogP contribution < -0.4 is 5.32 Å². The first-order chi connectivity index (χ1) is 15.5. The van der Waals surface area contributed by atoms with Crippen molar-refractivity contribution < 1.29 is 17.6 Å². The molecule has 2 aliphatic heterocycles. The molecule has 8 heteroatoms. The fraction of sp³-hybridized carbons (Fsp3) is 0.292. The fourth-order valence-corrected chi connectivity index (χ4v) is 5.91. The average molecular weight is 452 g/mol. The Bertz CT molecular complexity index is 1200. The van der Waals surface area contributed by atoms with Gasteiger partial charge in [-0.15, -0.1) is 0 Å². The molecule has 0 bridgehead atoms. The molecule has 0 unspecified atom stereocenters. The minimum absolute atomic E-state index is 0.0706. The Labute approximate surface area is 187 Å². The number of piperidine rings is 1. The van der Waals surface area contributed by atoms with Gasteiger partial charge in [-0.3, -0.25) is 4.79 Å². The molecular formula is C24H25N3O4S. The van der Waals surface area contributed by atoms with Crippen molar-refractivity contribution in [2.45, 2.75) is 36.9 Å². The monoisotopic (exact) mass is 451 g/mol. The van der Waals surface area contributed by atoms with Crippen LogP contribution in [0, 0.1) is 0 Å². The van der Waals surface area contributed by atoms with Crippen LogP contribution in [0.5, 0.6) is 0 Å². The highest BCUT2D eigenvalue weighted by molar-refractivity contribution is 7.89. The maximum absolute atomic E-state index is 13.0. The molecule has 5 rings (SSSR count). The predicted octanol–water partition coefficient (Wildman–Crippen LogP) is 4.22. The molecule has 0 spiro atoms. The predicted molar refractivity (Wildman–Crippen MR) is 120 cm³/mol. The second-order valence-electron chi connectivity index (χ2n) is 8.14. The zero-order valence-corrected chi connectivity index (χ0v) is 18.4. The van der Waals surface area contributed by atoms with Crippen molar-refractivity contribution >= 4 is 21.6 Å². The highest BCUT2D eigenvalue weighted by atomic mass is 32.2. The maximum atomic E-state index is 13.0. The first-order valence-electron chi connectivity index (χ1n) is 10.8. The van der Waals surface area contributed by atoms with E-state index < -0.39 is 10.0 Å². The molecule has 3 aromatic rings. The highest BCUT2D eigenvalue weighted by Crippen LogP contribution is 2.36. The van der Waals surface area contributed by atoms with Crippen LogP contribution in [-0.4, -0.2) is 36.6 Å². The molecule has 1 amide bonds. The van der Waals surface area contributed by atoms with E-state index >= 15 is 0 Å². The summed E-state index contributed by atoms with van der Waals surface area (Å²) in [7, 11) is -3.48. The van der Waals surface area contributed by atoms with Gasteiger partial charge in [-0.05, 0) is 55.3 Å². The minimum Gasteiger partial charge on any atom is -0.467 e. The lowest BCUT2D eigenvalue weighted by Crippen LogP contribution is -2.35. The third kappa shape index (κ3) is 3.80. The van der Waals surface area contributed by atoms with Crippen molar-refractivity contribution in [2.75, 3.05) is 18.4 Å². The third-order valence-corrected chi connectivity index (χ3v) is 7.99. The molecule has 3 heterocycles. The molecule has 166 valence electrons. The summed E-state index contributed by atoms with van der Waals surface area (Å²) < 4.78 is 32.9. The van der Waals surface area contributed by atoms with Crippen molar-refractivity contribution in [3.8, 4) is 0 Å². The zero-order valence-electron chi connectivity index (χ0n) is 17.6. The van der Waals surface area contributed by atoms with Crippen LogP contribution in [0.1, 0.15) is 47.1 Å². The Hall–Kier alpha value is -3.10. The number of nitrogens with zero attached hydrogens (tertiary/aromatic N) is 2. The first kappa shape index (κ1) is 20.8. The molecule has 0 saturated carbocycles. The van der Waals surface area contributed by atoms with E-state index in [1.165, 1.54) is 0 Å². The molecule has 7 nitrogen and oxygen atoms in total. The van der Waals surface area contributed by atoms with Gasteiger partial charge in [-0.2, -0.15) is 4.31 Å². The zero-order chi connectivity index (χ0) is 22.1. The molecule has 32 heavy (non-hydrogen) atoms. The summed E-state index contributed by atoms with van der Waals surface area (Å²) in [5, 5.41) is 3.40. The molecule has 0 aliphatic carbocycles. The molecule has 2 aliphatic rings. The van der Waals surface area contributed by atoms with E-state index in [0.717, 1.165) is 30.5 Å². The molecule has 1 aromatic heterocycles. The van der Waals surface area contributed by atoms with Crippen molar-refractivity contribution in [3.05, 3.63) is 83.8 Å². The number of rotatable bonds is 6. The van der Waals surface area contributed by atoms with Gasteiger partial charge in [-0.1, -0.05) is 24.6 Å². The Morgan fingerprint density at radius 2 is 1.69 bits per heavy atom. The number of nitrogens with one attached hydrogen (secondary N) is 1. The number of sulfonamides is 1. The van der Waals surface area contributed by atoms with Gasteiger partial charge in [0, 0.05) is 29.9 Å². The van der Waals surface area contributed by atoms with Crippen molar-refractivity contribution in [2.24, 2.45) is 0 Å². The van der Waals surface area contributed by atoms with Crippen LogP contribution in [0.25, 0.3) is 0 Å². The second-order valence-corrected chi connectivity index (χ2v) is 10.1.